The molecule has 0 fully saturated rings. The Hall–Kier alpha value is -4.62. The zero-order valence-corrected chi connectivity index (χ0v) is 20.1. The van der Waals surface area contributed by atoms with Crippen LogP contribution in [0.15, 0.2) is 42.5 Å². The quantitative estimate of drug-likeness (QED) is 0.473. The van der Waals surface area contributed by atoms with E-state index in [4.69, 9.17) is 23.7 Å². The first-order valence-corrected chi connectivity index (χ1v) is 10.8. The van der Waals surface area contributed by atoms with E-state index in [1.807, 2.05) is 36.4 Å². The number of ether oxygens (including phenoxy) is 5. The first-order chi connectivity index (χ1) is 17.0. The second kappa shape index (κ2) is 9.70. The molecule has 7 heteroatoms. The third kappa shape index (κ3) is 3.88. The number of fused-ring (bicyclic) bond motifs is 1. The van der Waals surface area contributed by atoms with Gasteiger partial charge in [0, 0.05) is 11.5 Å². The summed E-state index contributed by atoms with van der Waals surface area (Å²) in [5.41, 5.74) is 4.74. The van der Waals surface area contributed by atoms with E-state index >= 15 is 0 Å². The minimum atomic E-state index is -0.323. The molecule has 176 valence electrons. The van der Waals surface area contributed by atoms with Crippen LogP contribution in [0.4, 0.5) is 0 Å². The highest BCUT2D eigenvalue weighted by molar-refractivity contribution is 5.97. The summed E-state index contributed by atoms with van der Waals surface area (Å²) in [7, 11) is 7.84. The molecule has 35 heavy (non-hydrogen) atoms. The molecular weight excluding hydrogens is 444 g/mol. The molecule has 0 amide bonds. The standard InChI is InChI=1S/C28H24N2O5/c1-31-22-8-7-17(14-29)28(21(22)15-30)20-10-18-12-25(34-4)26(35-5)13-19(18)27(20)16-6-9-23(32-2)24(11-16)33-3/h6-13,27H,1-5H3. The Morgan fingerprint density at radius 3 is 1.86 bits per heavy atom. The van der Waals surface area contributed by atoms with Crippen LogP contribution in [0.25, 0.3) is 11.6 Å². The van der Waals surface area contributed by atoms with Gasteiger partial charge in [0.15, 0.2) is 23.0 Å². The van der Waals surface area contributed by atoms with Crippen LogP contribution >= 0.6 is 0 Å². The molecule has 0 bridgehead atoms. The highest BCUT2D eigenvalue weighted by Gasteiger charge is 2.33. The Balaban J connectivity index is 2.05. The fraction of sp³-hybridized carbons (Fsp3) is 0.214. The molecule has 7 nitrogen and oxygen atoms in total. The van der Waals surface area contributed by atoms with Gasteiger partial charge in [0.2, 0.25) is 0 Å². The van der Waals surface area contributed by atoms with E-state index in [0.717, 1.165) is 22.3 Å². The number of nitriles is 2. The summed E-state index contributed by atoms with van der Waals surface area (Å²) < 4.78 is 27.5. The Kier molecular flexibility index (Phi) is 6.53. The maximum atomic E-state index is 10.1. The maximum Gasteiger partial charge on any atom is 0.161 e. The van der Waals surface area contributed by atoms with Crippen LogP contribution < -0.4 is 23.7 Å². The highest BCUT2D eigenvalue weighted by atomic mass is 16.5. The van der Waals surface area contributed by atoms with Gasteiger partial charge in [-0.1, -0.05) is 6.07 Å². The lowest BCUT2D eigenvalue weighted by Crippen LogP contribution is -2.06. The summed E-state index contributed by atoms with van der Waals surface area (Å²) in [4.78, 5) is 0. The molecule has 4 rings (SSSR count). The molecule has 0 heterocycles. The number of nitrogens with zero attached hydrogens (tertiary/aromatic N) is 2. The van der Waals surface area contributed by atoms with Gasteiger partial charge in [-0.15, -0.1) is 0 Å². The fourth-order valence-corrected chi connectivity index (χ4v) is 4.57. The number of allylic oxidation sites excluding steroid dienone is 1. The summed E-state index contributed by atoms with van der Waals surface area (Å²) in [6.45, 7) is 0. The molecule has 1 aliphatic rings. The first-order valence-electron chi connectivity index (χ1n) is 10.8. The summed E-state index contributed by atoms with van der Waals surface area (Å²) in [6.07, 6.45) is 1.98. The van der Waals surface area contributed by atoms with Gasteiger partial charge in [0.25, 0.3) is 0 Å². The van der Waals surface area contributed by atoms with E-state index < -0.39 is 0 Å². The van der Waals surface area contributed by atoms with Crippen LogP contribution in [0, 0.1) is 22.7 Å². The number of methoxy groups -OCH3 is 5. The van der Waals surface area contributed by atoms with Gasteiger partial charge in [0.05, 0.1) is 47.2 Å². The van der Waals surface area contributed by atoms with Crippen molar-refractivity contribution in [2.75, 3.05) is 35.5 Å². The van der Waals surface area contributed by atoms with Crippen LogP contribution in [0.2, 0.25) is 0 Å². The molecule has 3 aromatic carbocycles. The number of hydrogen-bond acceptors (Lipinski definition) is 7. The van der Waals surface area contributed by atoms with Crippen LogP contribution in [0.1, 0.15) is 39.3 Å². The van der Waals surface area contributed by atoms with E-state index in [1.54, 1.807) is 40.6 Å². The molecule has 1 unspecified atom stereocenters. The normalized spacial score (nSPS) is 13.7. The van der Waals surface area contributed by atoms with Crippen molar-refractivity contribution < 1.29 is 23.7 Å². The van der Waals surface area contributed by atoms with Crippen LogP contribution in [0.3, 0.4) is 0 Å². The SMILES string of the molecule is COc1ccc(C2C(c3c(C#N)ccc(OC)c3C#N)=Cc3cc(OC)c(OC)cc32)cc1OC. The number of rotatable bonds is 7. The van der Waals surface area contributed by atoms with Crippen molar-refractivity contribution in [1.29, 1.82) is 10.5 Å². The van der Waals surface area contributed by atoms with E-state index in [9.17, 15) is 10.5 Å². The average Bonchev–Trinajstić information content (AvgIpc) is 3.28. The fourth-order valence-electron chi connectivity index (χ4n) is 4.57. The van der Waals surface area contributed by atoms with Crippen molar-refractivity contribution in [3.8, 4) is 40.9 Å². The average molecular weight is 469 g/mol. The third-order valence-corrected chi connectivity index (χ3v) is 6.17. The summed E-state index contributed by atoms with van der Waals surface area (Å²) >= 11 is 0. The molecule has 0 aromatic heterocycles. The number of benzene rings is 3. The number of hydrogen-bond donors (Lipinski definition) is 0. The highest BCUT2D eigenvalue weighted by Crippen LogP contribution is 2.51. The van der Waals surface area contributed by atoms with Crippen LogP contribution in [0.5, 0.6) is 28.7 Å². The molecule has 0 radical (unpaired) electrons. The second-order valence-electron chi connectivity index (χ2n) is 7.77. The van der Waals surface area contributed by atoms with Gasteiger partial charge < -0.3 is 23.7 Å². The predicted octanol–water partition coefficient (Wildman–Crippen LogP) is 5.16. The summed E-state index contributed by atoms with van der Waals surface area (Å²) in [5.74, 6) is 2.42. The topological polar surface area (TPSA) is 93.7 Å². The lowest BCUT2D eigenvalue weighted by molar-refractivity contribution is 0.354. The first kappa shape index (κ1) is 23.5. The van der Waals surface area contributed by atoms with E-state index in [2.05, 4.69) is 12.1 Å². The smallest absolute Gasteiger partial charge is 0.161 e. The van der Waals surface area contributed by atoms with Gasteiger partial charge in [-0.25, -0.2) is 0 Å². The van der Waals surface area contributed by atoms with Gasteiger partial charge in [0.1, 0.15) is 17.4 Å². The Morgan fingerprint density at radius 1 is 0.657 bits per heavy atom. The van der Waals surface area contributed by atoms with Gasteiger partial charge >= 0.3 is 0 Å². The van der Waals surface area contributed by atoms with Crippen LogP contribution in [-0.4, -0.2) is 35.5 Å². The minimum Gasteiger partial charge on any atom is -0.495 e. The largest absolute Gasteiger partial charge is 0.495 e. The lowest BCUT2D eigenvalue weighted by Gasteiger charge is -2.22. The molecular formula is C28H24N2O5. The minimum absolute atomic E-state index is 0.301. The molecule has 0 aliphatic heterocycles. The zero-order chi connectivity index (χ0) is 25.1. The molecule has 3 aromatic rings. The van der Waals surface area contributed by atoms with Crippen molar-refractivity contribution >= 4 is 11.6 Å². The molecule has 0 saturated carbocycles. The van der Waals surface area contributed by atoms with E-state index in [1.165, 1.54) is 7.11 Å². The predicted molar refractivity (Wildman–Crippen MR) is 131 cm³/mol. The van der Waals surface area contributed by atoms with Crippen molar-refractivity contribution in [3.63, 3.8) is 0 Å². The maximum absolute atomic E-state index is 10.1. The zero-order valence-electron chi connectivity index (χ0n) is 20.1. The Labute approximate surface area is 204 Å². The Bertz CT molecular complexity index is 1410. The van der Waals surface area contributed by atoms with Crippen molar-refractivity contribution in [3.05, 3.63) is 75.8 Å². The molecule has 0 saturated heterocycles. The van der Waals surface area contributed by atoms with Gasteiger partial charge in [-0.3, -0.25) is 0 Å². The molecule has 0 N–H and O–H groups in total. The molecule has 1 aliphatic carbocycles. The van der Waals surface area contributed by atoms with Crippen molar-refractivity contribution in [2.24, 2.45) is 0 Å². The van der Waals surface area contributed by atoms with Crippen molar-refractivity contribution in [2.45, 2.75) is 5.92 Å². The summed E-state index contributed by atoms with van der Waals surface area (Å²) in [5, 5.41) is 20.0. The van der Waals surface area contributed by atoms with Gasteiger partial charge in [-0.2, -0.15) is 10.5 Å². The monoisotopic (exact) mass is 468 g/mol. The van der Waals surface area contributed by atoms with Crippen molar-refractivity contribution in [1.82, 2.24) is 0 Å². The Morgan fingerprint density at radius 2 is 1.26 bits per heavy atom. The van der Waals surface area contributed by atoms with Gasteiger partial charge in [-0.05, 0) is 64.7 Å². The molecule has 1 atom stereocenters. The van der Waals surface area contributed by atoms with Crippen LogP contribution in [-0.2, 0) is 0 Å². The third-order valence-electron chi connectivity index (χ3n) is 6.17. The van der Waals surface area contributed by atoms with E-state index in [0.29, 0.717) is 45.4 Å². The lowest BCUT2D eigenvalue weighted by atomic mass is 9.82. The second-order valence-corrected chi connectivity index (χ2v) is 7.77. The molecule has 0 spiro atoms. The summed E-state index contributed by atoms with van der Waals surface area (Å²) in [6, 6.07) is 17.3. The van der Waals surface area contributed by atoms with E-state index in [-0.39, 0.29) is 5.92 Å².